The van der Waals surface area contributed by atoms with Crippen LogP contribution in [0.3, 0.4) is 0 Å². The maximum atomic E-state index is 6.18. The smallest absolute Gasteiger partial charge is 0.224 e. The minimum atomic E-state index is 0.405. The molecule has 1 aromatic heterocycles. The molecule has 0 spiro atoms. The Kier molecular flexibility index (Phi) is 6.09. The number of rotatable bonds is 6. The highest BCUT2D eigenvalue weighted by Gasteiger charge is 2.09. The molecule has 0 atom stereocenters. The molecular weight excluding hydrogens is 329 g/mol. The molecule has 0 radical (unpaired) electrons. The van der Waals surface area contributed by atoms with E-state index in [1.807, 2.05) is 18.2 Å². The Balaban J connectivity index is 2.20. The Morgan fingerprint density at radius 3 is 2.48 bits per heavy atom. The van der Waals surface area contributed by atoms with Crippen molar-refractivity contribution in [2.75, 3.05) is 11.9 Å². The van der Waals surface area contributed by atoms with Gasteiger partial charge in [-0.3, -0.25) is 0 Å². The third-order valence-corrected chi connectivity index (χ3v) is 3.88. The lowest BCUT2D eigenvalue weighted by Crippen LogP contribution is -2.07. The normalized spacial score (nSPS) is 10.7. The molecule has 2 rings (SSSR count). The summed E-state index contributed by atoms with van der Waals surface area (Å²) in [6, 6.07) is 7.17. The van der Waals surface area contributed by atoms with Gasteiger partial charge in [0.2, 0.25) is 5.95 Å². The van der Waals surface area contributed by atoms with Crippen LogP contribution in [0.5, 0.6) is 0 Å². The van der Waals surface area contributed by atoms with Gasteiger partial charge in [-0.2, -0.15) is 0 Å². The number of hydrogen-bond acceptors (Lipinski definition) is 3. The molecule has 21 heavy (non-hydrogen) atoms. The maximum absolute atomic E-state index is 6.18. The van der Waals surface area contributed by atoms with E-state index in [0.29, 0.717) is 27.6 Å². The van der Waals surface area contributed by atoms with Crippen molar-refractivity contribution in [3.8, 4) is 0 Å². The minimum absolute atomic E-state index is 0.405. The van der Waals surface area contributed by atoms with Gasteiger partial charge >= 0.3 is 0 Å². The van der Waals surface area contributed by atoms with Crippen molar-refractivity contribution in [2.24, 2.45) is 0 Å². The molecule has 0 unspecified atom stereocenters. The van der Waals surface area contributed by atoms with Gasteiger partial charge in [-0.05, 0) is 30.2 Å². The van der Waals surface area contributed by atoms with Gasteiger partial charge in [-0.1, -0.05) is 54.2 Å². The summed E-state index contributed by atoms with van der Waals surface area (Å²) < 4.78 is 0. The Hall–Kier alpha value is -1.03. The molecule has 1 aromatic carbocycles. The topological polar surface area (TPSA) is 37.8 Å². The van der Waals surface area contributed by atoms with E-state index in [1.165, 1.54) is 0 Å². The number of anilines is 1. The maximum Gasteiger partial charge on any atom is 0.224 e. The molecule has 0 bridgehead atoms. The molecule has 112 valence electrons. The molecular formula is C15H16Cl3N3. The largest absolute Gasteiger partial charge is 0.354 e. The quantitative estimate of drug-likeness (QED) is 0.575. The first kappa shape index (κ1) is 16.3. The van der Waals surface area contributed by atoms with Gasteiger partial charge in [0.1, 0.15) is 5.15 Å². The lowest BCUT2D eigenvalue weighted by Gasteiger charge is -2.09. The van der Waals surface area contributed by atoms with Crippen molar-refractivity contribution in [3.63, 3.8) is 0 Å². The van der Waals surface area contributed by atoms with Crippen LogP contribution in [-0.2, 0) is 6.42 Å². The van der Waals surface area contributed by atoms with Crippen molar-refractivity contribution in [1.29, 1.82) is 0 Å². The number of unbranched alkanes of at least 4 members (excludes halogenated alkanes) is 1. The standard InChI is InChI=1S/C15H16Cl3N3/c1-2-3-7-19-15-20-10(9-14(18)21-15)8-11-12(16)5-4-6-13(11)17/h4-6,9H,2-3,7-8H2,1H3,(H,19,20,21). The van der Waals surface area contributed by atoms with Crippen LogP contribution in [0.4, 0.5) is 5.95 Å². The fraction of sp³-hybridized carbons (Fsp3) is 0.333. The first-order valence-electron chi connectivity index (χ1n) is 6.80. The average Bonchev–Trinajstić information content (AvgIpc) is 2.43. The Labute approximate surface area is 139 Å². The summed E-state index contributed by atoms with van der Waals surface area (Å²) in [6.45, 7) is 2.95. The van der Waals surface area contributed by atoms with Crippen LogP contribution >= 0.6 is 34.8 Å². The second kappa shape index (κ2) is 7.83. The molecule has 0 saturated heterocycles. The van der Waals surface area contributed by atoms with E-state index >= 15 is 0 Å². The molecule has 1 heterocycles. The summed E-state index contributed by atoms with van der Waals surface area (Å²) in [5.41, 5.74) is 1.62. The fourth-order valence-electron chi connectivity index (χ4n) is 1.89. The van der Waals surface area contributed by atoms with E-state index in [2.05, 4.69) is 22.2 Å². The van der Waals surface area contributed by atoms with E-state index in [1.54, 1.807) is 6.07 Å². The van der Waals surface area contributed by atoms with Crippen LogP contribution in [0.1, 0.15) is 31.0 Å². The van der Waals surface area contributed by atoms with Crippen LogP contribution in [0.15, 0.2) is 24.3 Å². The van der Waals surface area contributed by atoms with E-state index in [0.717, 1.165) is 30.6 Å². The number of benzene rings is 1. The number of aromatic nitrogens is 2. The molecule has 3 nitrogen and oxygen atoms in total. The number of hydrogen-bond donors (Lipinski definition) is 1. The summed E-state index contributed by atoms with van der Waals surface area (Å²) in [7, 11) is 0. The molecule has 0 saturated carbocycles. The van der Waals surface area contributed by atoms with Crippen molar-refractivity contribution in [2.45, 2.75) is 26.2 Å². The zero-order valence-corrected chi connectivity index (χ0v) is 13.9. The lowest BCUT2D eigenvalue weighted by molar-refractivity contribution is 0.824. The highest BCUT2D eigenvalue weighted by Crippen LogP contribution is 2.27. The van der Waals surface area contributed by atoms with Crippen LogP contribution < -0.4 is 5.32 Å². The molecule has 0 amide bonds. The van der Waals surface area contributed by atoms with Crippen molar-refractivity contribution in [3.05, 3.63) is 50.7 Å². The zero-order chi connectivity index (χ0) is 15.2. The van der Waals surface area contributed by atoms with Crippen molar-refractivity contribution in [1.82, 2.24) is 9.97 Å². The summed E-state index contributed by atoms with van der Waals surface area (Å²) in [6.07, 6.45) is 2.68. The number of nitrogens with zero attached hydrogens (tertiary/aromatic N) is 2. The SMILES string of the molecule is CCCCNc1nc(Cl)cc(Cc2c(Cl)cccc2Cl)n1. The van der Waals surface area contributed by atoms with Crippen LogP contribution in [0.2, 0.25) is 15.2 Å². The summed E-state index contributed by atoms with van der Waals surface area (Å²) in [4.78, 5) is 8.63. The van der Waals surface area contributed by atoms with Gasteiger partial charge in [0, 0.05) is 23.0 Å². The molecule has 6 heteroatoms. The van der Waals surface area contributed by atoms with Crippen LogP contribution in [0, 0.1) is 0 Å². The Bertz CT molecular complexity index is 597. The number of halogens is 3. The van der Waals surface area contributed by atoms with E-state index < -0.39 is 0 Å². The third kappa shape index (κ3) is 4.73. The van der Waals surface area contributed by atoms with Gasteiger partial charge in [-0.15, -0.1) is 0 Å². The van der Waals surface area contributed by atoms with Gasteiger partial charge < -0.3 is 5.32 Å². The first-order chi connectivity index (χ1) is 10.1. The van der Waals surface area contributed by atoms with E-state index in [4.69, 9.17) is 34.8 Å². The second-order valence-electron chi connectivity index (χ2n) is 4.66. The molecule has 1 N–H and O–H groups in total. The van der Waals surface area contributed by atoms with E-state index in [-0.39, 0.29) is 0 Å². The Morgan fingerprint density at radius 2 is 1.81 bits per heavy atom. The van der Waals surface area contributed by atoms with Crippen molar-refractivity contribution >= 4 is 40.8 Å². The van der Waals surface area contributed by atoms with Crippen molar-refractivity contribution < 1.29 is 0 Å². The molecule has 0 fully saturated rings. The summed E-state index contributed by atoms with van der Waals surface area (Å²) in [5, 5.41) is 4.82. The Morgan fingerprint density at radius 1 is 1.10 bits per heavy atom. The summed E-state index contributed by atoms with van der Waals surface area (Å²) in [5.74, 6) is 0.536. The first-order valence-corrected chi connectivity index (χ1v) is 7.93. The average molecular weight is 345 g/mol. The molecule has 0 aliphatic heterocycles. The van der Waals surface area contributed by atoms with Gasteiger partial charge in [0.05, 0.1) is 5.69 Å². The van der Waals surface area contributed by atoms with Crippen LogP contribution in [-0.4, -0.2) is 16.5 Å². The predicted octanol–water partition coefficient (Wildman–Crippen LogP) is 5.24. The van der Waals surface area contributed by atoms with Gasteiger partial charge in [-0.25, -0.2) is 9.97 Å². The minimum Gasteiger partial charge on any atom is -0.354 e. The van der Waals surface area contributed by atoms with Gasteiger partial charge in [0.25, 0.3) is 0 Å². The fourth-order valence-corrected chi connectivity index (χ4v) is 2.63. The number of nitrogens with one attached hydrogen (secondary N) is 1. The monoisotopic (exact) mass is 343 g/mol. The zero-order valence-electron chi connectivity index (χ0n) is 11.7. The highest BCUT2D eigenvalue weighted by molar-refractivity contribution is 6.36. The molecule has 0 aliphatic carbocycles. The summed E-state index contributed by atoms with van der Waals surface area (Å²) >= 11 is 18.4. The second-order valence-corrected chi connectivity index (χ2v) is 5.86. The highest BCUT2D eigenvalue weighted by atomic mass is 35.5. The lowest BCUT2D eigenvalue weighted by atomic mass is 10.1. The molecule has 0 aliphatic rings. The van der Waals surface area contributed by atoms with Crippen LogP contribution in [0.25, 0.3) is 0 Å². The third-order valence-electron chi connectivity index (χ3n) is 2.98. The molecule has 2 aromatic rings. The van der Waals surface area contributed by atoms with Gasteiger partial charge in [0.15, 0.2) is 0 Å². The van der Waals surface area contributed by atoms with E-state index in [9.17, 15) is 0 Å². The predicted molar refractivity (Wildman–Crippen MR) is 89.7 cm³/mol.